The highest BCUT2D eigenvalue weighted by atomic mass is 16.7. The van der Waals surface area contributed by atoms with Crippen LogP contribution in [0.5, 0.6) is 0 Å². The largest absolute Gasteiger partial charge is 0.382 e. The Morgan fingerprint density at radius 1 is 1.00 bits per heavy atom. The number of methoxy groups -OCH3 is 2. The monoisotopic (exact) mass is 178 g/mol. The molecule has 4 heteroatoms. The molecule has 0 N–H and O–H groups in total. The molecule has 12 heavy (non-hydrogen) atoms. The summed E-state index contributed by atoms with van der Waals surface area (Å²) in [4.78, 5) is 0. The Labute approximate surface area is 73.7 Å². The first-order valence-electron chi connectivity index (χ1n) is 4.02. The summed E-state index contributed by atoms with van der Waals surface area (Å²) in [5.74, 6) is 0. The van der Waals surface area contributed by atoms with Crippen LogP contribution in [0.3, 0.4) is 0 Å². The summed E-state index contributed by atoms with van der Waals surface area (Å²) >= 11 is 0. The molecule has 0 radical (unpaired) electrons. The van der Waals surface area contributed by atoms with Crippen molar-refractivity contribution in [3.63, 3.8) is 0 Å². The maximum Gasteiger partial charge on any atom is 0.154 e. The minimum absolute atomic E-state index is 0.156. The molecule has 0 spiro atoms. The molecule has 0 heterocycles. The second-order valence-corrected chi connectivity index (χ2v) is 2.28. The van der Waals surface area contributed by atoms with Gasteiger partial charge in [0.05, 0.1) is 26.4 Å². The van der Waals surface area contributed by atoms with Crippen LogP contribution in [0.1, 0.15) is 6.92 Å². The van der Waals surface area contributed by atoms with Crippen molar-refractivity contribution in [2.24, 2.45) is 0 Å². The van der Waals surface area contributed by atoms with Gasteiger partial charge in [0, 0.05) is 14.2 Å². The van der Waals surface area contributed by atoms with Gasteiger partial charge < -0.3 is 18.9 Å². The molecule has 0 amide bonds. The molecule has 0 aliphatic carbocycles. The lowest BCUT2D eigenvalue weighted by Crippen LogP contribution is -2.15. The van der Waals surface area contributed by atoms with Gasteiger partial charge in [-0.25, -0.2) is 0 Å². The third-order valence-corrected chi connectivity index (χ3v) is 1.34. The predicted octanol–water partition coefficient (Wildman–Crippen LogP) is 0.658. The third kappa shape index (κ3) is 7.94. The predicted molar refractivity (Wildman–Crippen MR) is 45.1 cm³/mol. The summed E-state index contributed by atoms with van der Waals surface area (Å²) in [7, 11) is 3.25. The van der Waals surface area contributed by atoms with Crippen LogP contribution < -0.4 is 0 Å². The lowest BCUT2D eigenvalue weighted by molar-refractivity contribution is -0.122. The van der Waals surface area contributed by atoms with Gasteiger partial charge in [-0.15, -0.1) is 0 Å². The van der Waals surface area contributed by atoms with Crippen LogP contribution in [-0.4, -0.2) is 46.9 Å². The normalized spacial score (nSPS) is 13.2. The van der Waals surface area contributed by atoms with Gasteiger partial charge in [-0.05, 0) is 6.92 Å². The minimum Gasteiger partial charge on any atom is -0.382 e. The summed E-state index contributed by atoms with van der Waals surface area (Å²) in [5.41, 5.74) is 0. The lowest BCUT2D eigenvalue weighted by Gasteiger charge is -2.10. The fourth-order valence-electron chi connectivity index (χ4n) is 0.585. The second-order valence-electron chi connectivity index (χ2n) is 2.28. The standard InChI is InChI=1S/C8H18O4/c1-8(10-3)12-7-6-11-5-4-9-2/h8H,4-7H2,1-3H3. The van der Waals surface area contributed by atoms with Gasteiger partial charge in [0.15, 0.2) is 6.29 Å². The van der Waals surface area contributed by atoms with E-state index in [4.69, 9.17) is 18.9 Å². The summed E-state index contributed by atoms with van der Waals surface area (Å²) in [6.07, 6.45) is -0.156. The first kappa shape index (κ1) is 11.8. The van der Waals surface area contributed by atoms with E-state index >= 15 is 0 Å². The van der Waals surface area contributed by atoms with Gasteiger partial charge in [0.2, 0.25) is 0 Å². The van der Waals surface area contributed by atoms with Crippen LogP contribution in [0, 0.1) is 0 Å². The Morgan fingerprint density at radius 2 is 1.67 bits per heavy atom. The zero-order valence-corrected chi connectivity index (χ0v) is 8.04. The first-order chi connectivity index (χ1) is 5.81. The molecule has 4 nitrogen and oxygen atoms in total. The van der Waals surface area contributed by atoms with Crippen LogP contribution in [0.25, 0.3) is 0 Å². The second kappa shape index (κ2) is 8.93. The van der Waals surface area contributed by atoms with Crippen LogP contribution in [-0.2, 0) is 18.9 Å². The van der Waals surface area contributed by atoms with E-state index in [2.05, 4.69) is 0 Å². The molecule has 0 bridgehead atoms. The summed E-state index contributed by atoms with van der Waals surface area (Å²) in [6, 6.07) is 0. The topological polar surface area (TPSA) is 36.9 Å². The molecule has 0 aliphatic heterocycles. The number of hydrogen-bond acceptors (Lipinski definition) is 4. The maximum atomic E-state index is 5.18. The van der Waals surface area contributed by atoms with E-state index in [0.717, 1.165) is 0 Å². The highest BCUT2D eigenvalue weighted by molar-refractivity contribution is 4.33. The van der Waals surface area contributed by atoms with Crippen molar-refractivity contribution in [2.75, 3.05) is 40.6 Å². The van der Waals surface area contributed by atoms with Gasteiger partial charge in [0.1, 0.15) is 0 Å². The Balaban J connectivity index is 2.90. The van der Waals surface area contributed by atoms with Crippen molar-refractivity contribution in [3.05, 3.63) is 0 Å². The third-order valence-electron chi connectivity index (χ3n) is 1.34. The minimum atomic E-state index is -0.156. The lowest BCUT2D eigenvalue weighted by atomic mass is 10.7. The van der Waals surface area contributed by atoms with Crippen molar-refractivity contribution < 1.29 is 18.9 Å². The van der Waals surface area contributed by atoms with E-state index < -0.39 is 0 Å². The zero-order chi connectivity index (χ0) is 9.23. The Kier molecular flexibility index (Phi) is 8.81. The van der Waals surface area contributed by atoms with Crippen LogP contribution in [0.4, 0.5) is 0 Å². The highest BCUT2D eigenvalue weighted by Crippen LogP contribution is 1.89. The highest BCUT2D eigenvalue weighted by Gasteiger charge is 1.96. The summed E-state index contributed by atoms with van der Waals surface area (Å²) < 4.78 is 20.0. The van der Waals surface area contributed by atoms with E-state index in [1.165, 1.54) is 0 Å². The van der Waals surface area contributed by atoms with Gasteiger partial charge in [-0.1, -0.05) is 0 Å². The van der Waals surface area contributed by atoms with Crippen LogP contribution in [0.2, 0.25) is 0 Å². The first-order valence-corrected chi connectivity index (χ1v) is 4.02. The molecule has 0 fully saturated rings. The fourth-order valence-corrected chi connectivity index (χ4v) is 0.585. The van der Waals surface area contributed by atoms with Crippen molar-refractivity contribution in [1.82, 2.24) is 0 Å². The van der Waals surface area contributed by atoms with Crippen LogP contribution in [0.15, 0.2) is 0 Å². The number of ether oxygens (including phenoxy) is 4. The smallest absolute Gasteiger partial charge is 0.154 e. The Morgan fingerprint density at radius 3 is 2.25 bits per heavy atom. The van der Waals surface area contributed by atoms with Gasteiger partial charge in [-0.2, -0.15) is 0 Å². The van der Waals surface area contributed by atoms with E-state index in [-0.39, 0.29) is 6.29 Å². The molecular weight excluding hydrogens is 160 g/mol. The van der Waals surface area contributed by atoms with E-state index in [0.29, 0.717) is 26.4 Å². The van der Waals surface area contributed by atoms with E-state index in [9.17, 15) is 0 Å². The van der Waals surface area contributed by atoms with E-state index in [1.807, 2.05) is 6.92 Å². The van der Waals surface area contributed by atoms with Crippen LogP contribution >= 0.6 is 0 Å². The molecule has 1 unspecified atom stereocenters. The summed E-state index contributed by atoms with van der Waals surface area (Å²) in [6.45, 7) is 4.21. The molecule has 74 valence electrons. The van der Waals surface area contributed by atoms with Gasteiger partial charge in [0.25, 0.3) is 0 Å². The number of hydrogen-bond donors (Lipinski definition) is 0. The number of rotatable bonds is 8. The molecule has 0 aliphatic rings. The Hall–Kier alpha value is -0.160. The molecule has 0 aromatic heterocycles. The van der Waals surface area contributed by atoms with Gasteiger partial charge >= 0.3 is 0 Å². The average molecular weight is 178 g/mol. The molecule has 0 saturated heterocycles. The van der Waals surface area contributed by atoms with Crippen molar-refractivity contribution in [2.45, 2.75) is 13.2 Å². The molecular formula is C8H18O4. The Bertz CT molecular complexity index is 87.1. The SMILES string of the molecule is COCCOCCOC(C)OC. The molecule has 0 aromatic carbocycles. The van der Waals surface area contributed by atoms with Crippen molar-refractivity contribution >= 4 is 0 Å². The average Bonchev–Trinajstić information content (AvgIpc) is 2.10. The van der Waals surface area contributed by atoms with Gasteiger partial charge in [-0.3, -0.25) is 0 Å². The molecule has 0 rings (SSSR count). The maximum absolute atomic E-state index is 5.18. The molecule has 0 aromatic rings. The molecule has 1 atom stereocenters. The van der Waals surface area contributed by atoms with E-state index in [1.54, 1.807) is 14.2 Å². The van der Waals surface area contributed by atoms with Crippen molar-refractivity contribution in [3.8, 4) is 0 Å². The zero-order valence-electron chi connectivity index (χ0n) is 8.04. The fraction of sp³-hybridized carbons (Fsp3) is 1.00. The molecule has 0 saturated carbocycles. The quantitative estimate of drug-likeness (QED) is 0.404. The summed E-state index contributed by atoms with van der Waals surface area (Å²) in [5, 5.41) is 0. The van der Waals surface area contributed by atoms with Crippen molar-refractivity contribution in [1.29, 1.82) is 0 Å².